The lowest BCUT2D eigenvalue weighted by atomic mass is 9.73. The first-order valence-corrected chi connectivity index (χ1v) is 6.31. The molecule has 3 aliphatic rings. The largest absolute Gasteiger partial charge is 0.350 e. The van der Waals surface area contributed by atoms with Crippen LogP contribution in [0.15, 0.2) is 0 Å². The van der Waals surface area contributed by atoms with Crippen molar-refractivity contribution in [2.45, 2.75) is 37.6 Å². The van der Waals surface area contributed by atoms with Crippen molar-refractivity contribution >= 4 is 17.7 Å². The first-order chi connectivity index (χ1) is 6.27. The maximum Gasteiger partial charge on any atom is 0.221 e. The van der Waals surface area contributed by atoms with Crippen LogP contribution < -0.4 is 5.32 Å². The number of hydrogen-bond donors (Lipinski definition) is 1. The number of hydrogen-bond acceptors (Lipinski definition) is 2. The summed E-state index contributed by atoms with van der Waals surface area (Å²) in [6.07, 6.45) is 5.81. The highest BCUT2D eigenvalue weighted by atomic mass is 32.2. The fourth-order valence-electron chi connectivity index (χ4n) is 3.12. The Labute approximate surface area is 82.8 Å². The van der Waals surface area contributed by atoms with Crippen LogP contribution in [-0.2, 0) is 4.79 Å². The smallest absolute Gasteiger partial charge is 0.221 e. The van der Waals surface area contributed by atoms with E-state index in [2.05, 4.69) is 5.32 Å². The topological polar surface area (TPSA) is 29.1 Å². The second kappa shape index (κ2) is 2.44. The molecular formula is C10H15NOS. The summed E-state index contributed by atoms with van der Waals surface area (Å²) < 4.78 is 0. The van der Waals surface area contributed by atoms with E-state index in [0.29, 0.717) is 11.3 Å². The van der Waals surface area contributed by atoms with Crippen LogP contribution in [0.3, 0.4) is 0 Å². The maximum absolute atomic E-state index is 11.5. The van der Waals surface area contributed by atoms with Gasteiger partial charge in [-0.05, 0) is 37.2 Å². The molecule has 3 rings (SSSR count). The summed E-state index contributed by atoms with van der Waals surface area (Å²) >= 11 is 2.05. The molecule has 3 heteroatoms. The Morgan fingerprint density at radius 2 is 1.85 bits per heavy atom. The molecule has 1 aliphatic carbocycles. The van der Waals surface area contributed by atoms with Gasteiger partial charge in [0.15, 0.2) is 0 Å². The van der Waals surface area contributed by atoms with Gasteiger partial charge in [0.25, 0.3) is 0 Å². The molecule has 2 heterocycles. The fourth-order valence-corrected chi connectivity index (χ4v) is 4.39. The van der Waals surface area contributed by atoms with Crippen molar-refractivity contribution in [1.29, 1.82) is 0 Å². The van der Waals surface area contributed by atoms with Crippen LogP contribution in [0, 0.1) is 5.41 Å². The van der Waals surface area contributed by atoms with E-state index >= 15 is 0 Å². The minimum absolute atomic E-state index is 0.269. The van der Waals surface area contributed by atoms with E-state index in [1.54, 1.807) is 0 Å². The van der Waals surface area contributed by atoms with E-state index < -0.39 is 0 Å². The molecule has 0 unspecified atom stereocenters. The predicted octanol–water partition coefficient (Wildman–Crippen LogP) is 1.55. The Morgan fingerprint density at radius 3 is 2.46 bits per heavy atom. The second-order valence-corrected chi connectivity index (χ2v) is 5.92. The van der Waals surface area contributed by atoms with Gasteiger partial charge in [0, 0.05) is 17.4 Å². The summed E-state index contributed by atoms with van der Waals surface area (Å²) in [7, 11) is 0. The quantitative estimate of drug-likeness (QED) is 0.638. The van der Waals surface area contributed by atoms with Crippen molar-refractivity contribution in [3.63, 3.8) is 0 Å². The van der Waals surface area contributed by atoms with Gasteiger partial charge in [0.1, 0.15) is 0 Å². The Bertz CT molecular complexity index is 254. The van der Waals surface area contributed by atoms with Crippen LogP contribution in [0.2, 0.25) is 0 Å². The summed E-state index contributed by atoms with van der Waals surface area (Å²) in [6, 6.07) is 0. The molecule has 0 bridgehead atoms. The molecule has 72 valence electrons. The van der Waals surface area contributed by atoms with Crippen LogP contribution >= 0.6 is 11.8 Å². The van der Waals surface area contributed by atoms with Crippen molar-refractivity contribution in [2.75, 3.05) is 11.5 Å². The Morgan fingerprint density at radius 1 is 1.15 bits per heavy atom. The minimum atomic E-state index is 0.269. The van der Waals surface area contributed by atoms with Crippen molar-refractivity contribution in [3.8, 4) is 0 Å². The Balaban J connectivity index is 1.91. The maximum atomic E-state index is 11.5. The van der Waals surface area contributed by atoms with Crippen molar-refractivity contribution in [1.82, 2.24) is 5.32 Å². The molecule has 0 aromatic carbocycles. The monoisotopic (exact) mass is 197 g/mol. The molecule has 0 aromatic rings. The Kier molecular flexibility index (Phi) is 1.53. The van der Waals surface area contributed by atoms with E-state index in [1.807, 2.05) is 11.8 Å². The molecular weight excluding hydrogens is 182 g/mol. The zero-order chi connectivity index (χ0) is 8.94. The number of rotatable bonds is 0. The molecule has 0 aromatic heterocycles. The molecule has 3 fully saturated rings. The lowest BCUT2D eigenvalue weighted by molar-refractivity contribution is -0.119. The molecule has 2 saturated heterocycles. The highest BCUT2D eigenvalue weighted by Crippen LogP contribution is 2.60. The van der Waals surface area contributed by atoms with Gasteiger partial charge in [0.2, 0.25) is 5.91 Å². The minimum Gasteiger partial charge on any atom is -0.350 e. The van der Waals surface area contributed by atoms with Gasteiger partial charge in [-0.3, -0.25) is 4.79 Å². The number of amides is 1. The highest BCUT2D eigenvalue weighted by molar-refractivity contribution is 7.99. The number of carbonyl (C=O) groups is 1. The first-order valence-electron chi connectivity index (χ1n) is 5.15. The summed E-state index contributed by atoms with van der Waals surface area (Å²) in [6.45, 7) is 0. The lowest BCUT2D eigenvalue weighted by Crippen LogP contribution is -2.41. The Hall–Kier alpha value is -0.180. The normalized spacial score (nSPS) is 33.7. The van der Waals surface area contributed by atoms with Gasteiger partial charge in [-0.25, -0.2) is 0 Å². The molecule has 2 aliphatic heterocycles. The van der Waals surface area contributed by atoms with E-state index in [4.69, 9.17) is 0 Å². The number of fused-ring (bicyclic) bond motifs is 1. The molecule has 2 nitrogen and oxygen atoms in total. The lowest BCUT2D eigenvalue weighted by Gasteiger charge is -2.37. The zero-order valence-corrected chi connectivity index (χ0v) is 8.58. The third-order valence-electron chi connectivity index (χ3n) is 4.09. The van der Waals surface area contributed by atoms with Crippen molar-refractivity contribution in [2.24, 2.45) is 5.41 Å². The summed E-state index contributed by atoms with van der Waals surface area (Å²) in [5.41, 5.74) is 0.639. The average Bonchev–Trinajstić information content (AvgIpc) is 2.82. The van der Waals surface area contributed by atoms with Gasteiger partial charge in [-0.2, -0.15) is 11.8 Å². The summed E-state index contributed by atoms with van der Waals surface area (Å²) in [5, 5.41) is 3.22. The molecule has 13 heavy (non-hydrogen) atoms. The van der Waals surface area contributed by atoms with Gasteiger partial charge >= 0.3 is 0 Å². The first kappa shape index (κ1) is 8.16. The van der Waals surface area contributed by atoms with Crippen LogP contribution in [-0.4, -0.2) is 23.0 Å². The molecule has 0 atom stereocenters. The zero-order valence-electron chi connectivity index (χ0n) is 7.77. The van der Waals surface area contributed by atoms with E-state index in [-0.39, 0.29) is 5.54 Å². The molecule has 1 saturated carbocycles. The number of carbonyl (C=O) groups excluding carboxylic acids is 1. The van der Waals surface area contributed by atoms with E-state index in [9.17, 15) is 4.79 Å². The predicted molar refractivity (Wildman–Crippen MR) is 53.7 cm³/mol. The standard InChI is InChI=1S/C10H15NOS/c12-8-7-9(3-5-13-6-4-9)10(11-8)1-2-10/h1-7H2,(H,11,12). The van der Waals surface area contributed by atoms with Crippen LogP contribution in [0.4, 0.5) is 0 Å². The van der Waals surface area contributed by atoms with Gasteiger partial charge < -0.3 is 5.32 Å². The second-order valence-electron chi connectivity index (χ2n) is 4.70. The highest BCUT2D eigenvalue weighted by Gasteiger charge is 2.64. The summed E-state index contributed by atoms with van der Waals surface area (Å²) in [5.74, 6) is 2.83. The van der Waals surface area contributed by atoms with Gasteiger partial charge in [0.05, 0.1) is 0 Å². The van der Waals surface area contributed by atoms with Crippen LogP contribution in [0.5, 0.6) is 0 Å². The summed E-state index contributed by atoms with van der Waals surface area (Å²) in [4.78, 5) is 11.5. The molecule has 0 radical (unpaired) electrons. The SMILES string of the molecule is O=C1CC2(CCSCC2)C2(CC2)N1. The van der Waals surface area contributed by atoms with E-state index in [0.717, 1.165) is 6.42 Å². The van der Waals surface area contributed by atoms with Crippen molar-refractivity contribution in [3.05, 3.63) is 0 Å². The van der Waals surface area contributed by atoms with Crippen LogP contribution in [0.25, 0.3) is 0 Å². The number of nitrogens with one attached hydrogen (secondary N) is 1. The molecule has 1 N–H and O–H groups in total. The molecule has 2 spiro atoms. The van der Waals surface area contributed by atoms with E-state index in [1.165, 1.54) is 37.2 Å². The van der Waals surface area contributed by atoms with Crippen LogP contribution in [0.1, 0.15) is 32.1 Å². The van der Waals surface area contributed by atoms with Gasteiger partial charge in [-0.15, -0.1) is 0 Å². The number of thioether (sulfide) groups is 1. The molecule has 1 amide bonds. The third kappa shape index (κ3) is 0.997. The third-order valence-corrected chi connectivity index (χ3v) is 5.08. The fraction of sp³-hybridized carbons (Fsp3) is 0.900. The van der Waals surface area contributed by atoms with Crippen molar-refractivity contribution < 1.29 is 4.79 Å². The average molecular weight is 197 g/mol. The van der Waals surface area contributed by atoms with Gasteiger partial charge in [-0.1, -0.05) is 0 Å².